The fourth-order valence-electron chi connectivity index (χ4n) is 2.18. The summed E-state index contributed by atoms with van der Waals surface area (Å²) in [5.41, 5.74) is 5.13. The van der Waals surface area contributed by atoms with Crippen LogP contribution in [-0.4, -0.2) is 13.2 Å². The summed E-state index contributed by atoms with van der Waals surface area (Å²) in [6.07, 6.45) is 0. The molecular formula is C18H23NO. The smallest absolute Gasteiger partial charge is 0.118 e. The van der Waals surface area contributed by atoms with Crippen molar-refractivity contribution in [2.24, 2.45) is 0 Å². The van der Waals surface area contributed by atoms with Gasteiger partial charge in [-0.25, -0.2) is 0 Å². The molecule has 2 nitrogen and oxygen atoms in total. The van der Waals surface area contributed by atoms with Crippen molar-refractivity contribution in [3.8, 4) is 16.9 Å². The summed E-state index contributed by atoms with van der Waals surface area (Å²) in [5, 5.41) is 3.46. The van der Waals surface area contributed by atoms with Gasteiger partial charge >= 0.3 is 0 Å². The van der Waals surface area contributed by atoms with Gasteiger partial charge in [0.05, 0.1) is 7.11 Å². The maximum absolute atomic E-state index is 5.21. The third kappa shape index (κ3) is 3.61. The molecule has 2 rings (SSSR count). The first-order valence-electron chi connectivity index (χ1n) is 7.07. The highest BCUT2D eigenvalue weighted by Crippen LogP contribution is 2.26. The number of hydrogen-bond acceptors (Lipinski definition) is 2. The molecule has 0 unspecified atom stereocenters. The maximum Gasteiger partial charge on any atom is 0.118 e. The number of aryl methyl sites for hydroxylation is 1. The Labute approximate surface area is 121 Å². The average Bonchev–Trinajstić information content (AvgIpc) is 2.46. The Balaban J connectivity index is 2.27. The van der Waals surface area contributed by atoms with Crippen LogP contribution in [0.3, 0.4) is 0 Å². The summed E-state index contributed by atoms with van der Waals surface area (Å²) in [6.45, 7) is 7.39. The lowest BCUT2D eigenvalue weighted by Crippen LogP contribution is -2.21. The Hall–Kier alpha value is -1.80. The van der Waals surface area contributed by atoms with Crippen molar-refractivity contribution in [1.82, 2.24) is 5.32 Å². The minimum Gasteiger partial charge on any atom is -0.497 e. The molecule has 0 saturated heterocycles. The van der Waals surface area contributed by atoms with Gasteiger partial charge in [0.25, 0.3) is 0 Å². The molecule has 0 amide bonds. The van der Waals surface area contributed by atoms with E-state index in [9.17, 15) is 0 Å². The zero-order valence-electron chi connectivity index (χ0n) is 12.7. The van der Waals surface area contributed by atoms with E-state index >= 15 is 0 Å². The van der Waals surface area contributed by atoms with Gasteiger partial charge in [0.1, 0.15) is 5.75 Å². The molecule has 0 atom stereocenters. The highest BCUT2D eigenvalue weighted by Gasteiger charge is 2.04. The van der Waals surface area contributed by atoms with Crippen LogP contribution in [0.25, 0.3) is 11.1 Å². The van der Waals surface area contributed by atoms with Crippen molar-refractivity contribution in [3.05, 3.63) is 53.6 Å². The van der Waals surface area contributed by atoms with Crippen LogP contribution in [0.2, 0.25) is 0 Å². The molecule has 2 heteroatoms. The summed E-state index contributed by atoms with van der Waals surface area (Å²) in [6, 6.07) is 15.4. The van der Waals surface area contributed by atoms with E-state index in [1.807, 2.05) is 12.1 Å². The number of ether oxygens (including phenoxy) is 1. The highest BCUT2D eigenvalue weighted by atomic mass is 16.5. The second-order valence-electron chi connectivity index (χ2n) is 5.41. The van der Waals surface area contributed by atoms with Crippen LogP contribution >= 0.6 is 0 Å². The number of hydrogen-bond donors (Lipinski definition) is 1. The third-order valence-corrected chi connectivity index (χ3v) is 3.42. The second-order valence-corrected chi connectivity index (χ2v) is 5.41. The molecule has 20 heavy (non-hydrogen) atoms. The zero-order chi connectivity index (χ0) is 14.5. The molecule has 0 aromatic heterocycles. The fourth-order valence-corrected chi connectivity index (χ4v) is 2.18. The number of methoxy groups -OCH3 is 1. The summed E-state index contributed by atoms with van der Waals surface area (Å²) in [4.78, 5) is 0. The predicted octanol–water partition coefficient (Wildman–Crippen LogP) is 4.17. The summed E-state index contributed by atoms with van der Waals surface area (Å²) in [5.74, 6) is 0.893. The van der Waals surface area contributed by atoms with Crippen molar-refractivity contribution >= 4 is 0 Å². The Morgan fingerprint density at radius 1 is 1.05 bits per heavy atom. The average molecular weight is 269 g/mol. The van der Waals surface area contributed by atoms with Crippen LogP contribution in [-0.2, 0) is 6.54 Å². The van der Waals surface area contributed by atoms with E-state index in [0.29, 0.717) is 6.04 Å². The largest absolute Gasteiger partial charge is 0.497 e. The molecule has 1 N–H and O–H groups in total. The van der Waals surface area contributed by atoms with Gasteiger partial charge in [-0.1, -0.05) is 38.1 Å². The van der Waals surface area contributed by atoms with Crippen LogP contribution < -0.4 is 10.1 Å². The SMILES string of the molecule is COc1ccc(-c2cc(CNC(C)C)ccc2C)cc1. The van der Waals surface area contributed by atoms with E-state index in [0.717, 1.165) is 12.3 Å². The molecule has 2 aromatic rings. The van der Waals surface area contributed by atoms with Gasteiger partial charge in [-0.3, -0.25) is 0 Å². The molecule has 2 aromatic carbocycles. The second kappa shape index (κ2) is 6.58. The summed E-state index contributed by atoms with van der Waals surface area (Å²) < 4.78 is 5.21. The Morgan fingerprint density at radius 3 is 2.35 bits per heavy atom. The molecule has 0 fully saturated rings. The molecule has 106 valence electrons. The van der Waals surface area contributed by atoms with Crippen molar-refractivity contribution in [3.63, 3.8) is 0 Å². The topological polar surface area (TPSA) is 21.3 Å². The lowest BCUT2D eigenvalue weighted by atomic mass is 9.98. The summed E-state index contributed by atoms with van der Waals surface area (Å²) >= 11 is 0. The quantitative estimate of drug-likeness (QED) is 0.879. The van der Waals surface area contributed by atoms with Crippen molar-refractivity contribution in [1.29, 1.82) is 0 Å². The van der Waals surface area contributed by atoms with Gasteiger partial charge < -0.3 is 10.1 Å². The molecule has 0 spiro atoms. The monoisotopic (exact) mass is 269 g/mol. The van der Waals surface area contributed by atoms with E-state index in [1.165, 1.54) is 22.3 Å². The standard InChI is InChI=1S/C18H23NO/c1-13(2)19-12-15-6-5-14(3)18(11-15)16-7-9-17(20-4)10-8-16/h5-11,13,19H,12H2,1-4H3. The van der Waals surface area contributed by atoms with Crippen molar-refractivity contribution < 1.29 is 4.74 Å². The molecule has 0 bridgehead atoms. The summed E-state index contributed by atoms with van der Waals surface area (Å²) in [7, 11) is 1.69. The first kappa shape index (κ1) is 14.6. The van der Waals surface area contributed by atoms with Gasteiger partial charge in [0.15, 0.2) is 0 Å². The number of benzene rings is 2. The van der Waals surface area contributed by atoms with Crippen LogP contribution in [0.5, 0.6) is 5.75 Å². The lowest BCUT2D eigenvalue weighted by molar-refractivity contribution is 0.415. The number of rotatable bonds is 5. The Morgan fingerprint density at radius 2 is 1.75 bits per heavy atom. The third-order valence-electron chi connectivity index (χ3n) is 3.42. The van der Waals surface area contributed by atoms with Gasteiger partial charge in [-0.2, -0.15) is 0 Å². The minimum absolute atomic E-state index is 0.501. The van der Waals surface area contributed by atoms with Crippen molar-refractivity contribution in [2.75, 3.05) is 7.11 Å². The Bertz CT molecular complexity index is 558. The van der Waals surface area contributed by atoms with E-state index in [1.54, 1.807) is 7.11 Å². The van der Waals surface area contributed by atoms with E-state index in [4.69, 9.17) is 4.74 Å². The molecule has 0 aliphatic carbocycles. The predicted molar refractivity (Wildman–Crippen MR) is 85.1 cm³/mol. The molecule has 0 aliphatic heterocycles. The number of nitrogens with one attached hydrogen (secondary N) is 1. The molecule has 0 heterocycles. The highest BCUT2D eigenvalue weighted by molar-refractivity contribution is 5.68. The molecular weight excluding hydrogens is 246 g/mol. The minimum atomic E-state index is 0.501. The van der Waals surface area contributed by atoms with Crippen molar-refractivity contribution in [2.45, 2.75) is 33.4 Å². The van der Waals surface area contributed by atoms with Crippen LogP contribution in [0.1, 0.15) is 25.0 Å². The maximum atomic E-state index is 5.21. The van der Waals surface area contributed by atoms with E-state index in [-0.39, 0.29) is 0 Å². The molecule has 0 aliphatic rings. The van der Waals surface area contributed by atoms with Crippen LogP contribution in [0.4, 0.5) is 0 Å². The van der Waals surface area contributed by atoms with Gasteiger partial charge in [-0.15, -0.1) is 0 Å². The normalized spacial score (nSPS) is 10.8. The molecule has 0 radical (unpaired) electrons. The molecule has 0 saturated carbocycles. The van der Waals surface area contributed by atoms with E-state index < -0.39 is 0 Å². The van der Waals surface area contributed by atoms with Gasteiger partial charge in [0, 0.05) is 12.6 Å². The first-order valence-corrected chi connectivity index (χ1v) is 7.07. The fraction of sp³-hybridized carbons (Fsp3) is 0.333. The first-order chi connectivity index (χ1) is 9.60. The lowest BCUT2D eigenvalue weighted by Gasteiger charge is -2.12. The zero-order valence-corrected chi connectivity index (χ0v) is 12.7. The van der Waals surface area contributed by atoms with E-state index in [2.05, 4.69) is 56.4 Å². The Kier molecular flexibility index (Phi) is 4.80. The van der Waals surface area contributed by atoms with Crippen LogP contribution in [0.15, 0.2) is 42.5 Å². The van der Waals surface area contributed by atoms with Crippen LogP contribution in [0, 0.1) is 6.92 Å². The van der Waals surface area contributed by atoms with Gasteiger partial charge in [0.2, 0.25) is 0 Å². The van der Waals surface area contributed by atoms with Gasteiger partial charge in [-0.05, 0) is 47.4 Å².